The summed E-state index contributed by atoms with van der Waals surface area (Å²) in [6, 6.07) is 6.03. The van der Waals surface area contributed by atoms with Gasteiger partial charge in [0, 0.05) is 17.2 Å². The van der Waals surface area contributed by atoms with Gasteiger partial charge in [-0.15, -0.1) is 6.58 Å². The lowest BCUT2D eigenvalue weighted by Gasteiger charge is -2.23. The van der Waals surface area contributed by atoms with Crippen molar-refractivity contribution in [3.8, 4) is 0 Å². The maximum Gasteiger partial charge on any atom is 0.0396 e. The van der Waals surface area contributed by atoms with Crippen molar-refractivity contribution in [3.05, 3.63) is 66.8 Å². The summed E-state index contributed by atoms with van der Waals surface area (Å²) in [6.07, 6.45) is 3.14. The third kappa shape index (κ3) is 3.09. The minimum Gasteiger partial charge on any atom is -0.398 e. The first kappa shape index (κ1) is 16.4. The van der Waals surface area contributed by atoms with Gasteiger partial charge in [0.1, 0.15) is 0 Å². The number of fused-ring (bicyclic) bond motifs is 1. The third-order valence-corrected chi connectivity index (χ3v) is 4.74. The predicted molar refractivity (Wildman–Crippen MR) is 99.4 cm³/mol. The first-order chi connectivity index (χ1) is 10.3. The highest BCUT2D eigenvalue weighted by molar-refractivity contribution is 5.97. The fourth-order valence-electron chi connectivity index (χ4n) is 3.32. The van der Waals surface area contributed by atoms with Gasteiger partial charge in [0.2, 0.25) is 0 Å². The smallest absolute Gasteiger partial charge is 0.0396 e. The average molecular weight is 293 g/mol. The Hall–Kier alpha value is -2.02. The zero-order chi connectivity index (χ0) is 16.4. The third-order valence-electron chi connectivity index (χ3n) is 4.74. The van der Waals surface area contributed by atoms with Crippen molar-refractivity contribution in [2.75, 3.05) is 5.73 Å². The molecule has 0 fully saturated rings. The lowest BCUT2D eigenvalue weighted by Crippen LogP contribution is -2.09. The molecule has 0 saturated carbocycles. The molecule has 0 spiro atoms. The summed E-state index contributed by atoms with van der Waals surface area (Å²) in [5.74, 6) is 0.734. The van der Waals surface area contributed by atoms with Crippen LogP contribution in [0.15, 0.2) is 55.7 Å². The van der Waals surface area contributed by atoms with E-state index < -0.39 is 0 Å². The molecule has 1 aliphatic carbocycles. The van der Waals surface area contributed by atoms with Crippen molar-refractivity contribution >= 4 is 16.8 Å². The van der Waals surface area contributed by atoms with Gasteiger partial charge in [0.15, 0.2) is 0 Å². The van der Waals surface area contributed by atoms with Crippen LogP contribution in [0.2, 0.25) is 0 Å². The molecule has 2 N–H and O–H groups in total. The summed E-state index contributed by atoms with van der Waals surface area (Å²) < 4.78 is 0. The molecule has 0 aliphatic heterocycles. The van der Waals surface area contributed by atoms with Crippen molar-refractivity contribution in [3.63, 3.8) is 0 Å². The van der Waals surface area contributed by atoms with Gasteiger partial charge in [-0.2, -0.15) is 0 Å². The Morgan fingerprint density at radius 2 is 1.86 bits per heavy atom. The maximum atomic E-state index is 6.14. The van der Waals surface area contributed by atoms with Crippen LogP contribution in [-0.4, -0.2) is 0 Å². The second-order valence-corrected chi connectivity index (χ2v) is 6.65. The highest BCUT2D eigenvalue weighted by Crippen LogP contribution is 2.49. The Labute approximate surface area is 134 Å². The Balaban J connectivity index is 2.21. The van der Waals surface area contributed by atoms with E-state index in [1.54, 1.807) is 0 Å². The van der Waals surface area contributed by atoms with Crippen LogP contribution in [0.5, 0.6) is 0 Å². The molecular weight excluding hydrogens is 266 g/mol. The van der Waals surface area contributed by atoms with Crippen LogP contribution >= 0.6 is 0 Å². The Kier molecular flexibility index (Phi) is 4.75. The largest absolute Gasteiger partial charge is 0.398 e. The highest BCUT2D eigenvalue weighted by atomic mass is 14.6. The van der Waals surface area contributed by atoms with Gasteiger partial charge in [0.25, 0.3) is 0 Å². The number of rotatable bonds is 6. The van der Waals surface area contributed by atoms with Gasteiger partial charge in [-0.05, 0) is 61.8 Å². The van der Waals surface area contributed by atoms with Gasteiger partial charge >= 0.3 is 0 Å². The number of nitrogen functional groups attached to an aromatic ring is 1. The van der Waals surface area contributed by atoms with Crippen LogP contribution < -0.4 is 5.73 Å². The molecule has 1 nitrogen and oxygen atoms in total. The van der Waals surface area contributed by atoms with Crippen molar-refractivity contribution < 1.29 is 0 Å². The molecule has 0 amide bonds. The maximum absolute atomic E-state index is 6.14. The van der Waals surface area contributed by atoms with E-state index in [-0.39, 0.29) is 5.92 Å². The average Bonchev–Trinajstić information content (AvgIpc) is 2.68. The Morgan fingerprint density at radius 3 is 2.41 bits per heavy atom. The van der Waals surface area contributed by atoms with Crippen molar-refractivity contribution in [2.24, 2.45) is 11.8 Å². The molecule has 1 aromatic rings. The van der Waals surface area contributed by atoms with Crippen molar-refractivity contribution in [2.45, 2.75) is 33.1 Å². The van der Waals surface area contributed by atoms with Crippen LogP contribution in [0, 0.1) is 11.8 Å². The van der Waals surface area contributed by atoms with E-state index in [2.05, 4.69) is 46.2 Å². The summed E-state index contributed by atoms with van der Waals surface area (Å²) in [6.45, 7) is 21.0. The molecule has 0 saturated heterocycles. The molecular formula is C21H27N. The van der Waals surface area contributed by atoms with Crippen LogP contribution in [0.1, 0.15) is 44.2 Å². The molecule has 22 heavy (non-hydrogen) atoms. The van der Waals surface area contributed by atoms with E-state index in [4.69, 9.17) is 5.73 Å². The van der Waals surface area contributed by atoms with E-state index >= 15 is 0 Å². The van der Waals surface area contributed by atoms with Gasteiger partial charge in [0.05, 0.1) is 0 Å². The van der Waals surface area contributed by atoms with Crippen molar-refractivity contribution in [1.82, 2.24) is 0 Å². The number of benzene rings is 1. The number of hydrogen-bond acceptors (Lipinski definition) is 1. The van der Waals surface area contributed by atoms with Gasteiger partial charge in [-0.3, -0.25) is 0 Å². The number of nitrogens with two attached hydrogens (primary N) is 1. The fraction of sp³-hybridized carbons (Fsp3) is 0.333. The van der Waals surface area contributed by atoms with E-state index in [0.717, 1.165) is 47.2 Å². The summed E-state index contributed by atoms with van der Waals surface area (Å²) in [5.41, 5.74) is 13.9. The summed E-state index contributed by atoms with van der Waals surface area (Å²) in [5, 5.41) is 0. The first-order valence-electron chi connectivity index (χ1n) is 7.89. The van der Waals surface area contributed by atoms with E-state index in [1.807, 2.05) is 12.1 Å². The van der Waals surface area contributed by atoms with Gasteiger partial charge < -0.3 is 5.73 Å². The zero-order valence-corrected chi connectivity index (χ0v) is 13.9. The molecule has 2 atom stereocenters. The summed E-state index contributed by atoms with van der Waals surface area (Å²) in [4.78, 5) is 0. The minimum absolute atomic E-state index is 0.270. The second kappa shape index (κ2) is 6.39. The summed E-state index contributed by atoms with van der Waals surface area (Å²) >= 11 is 0. The molecule has 1 heteroatoms. The zero-order valence-electron chi connectivity index (χ0n) is 13.9. The molecule has 0 radical (unpaired) electrons. The van der Waals surface area contributed by atoms with Crippen LogP contribution in [0.25, 0.3) is 11.1 Å². The Morgan fingerprint density at radius 1 is 1.18 bits per heavy atom. The van der Waals surface area contributed by atoms with Crippen LogP contribution in [0.4, 0.5) is 5.69 Å². The predicted octanol–water partition coefficient (Wildman–Crippen LogP) is 5.86. The van der Waals surface area contributed by atoms with E-state index in [9.17, 15) is 0 Å². The van der Waals surface area contributed by atoms with Gasteiger partial charge in [-0.25, -0.2) is 0 Å². The van der Waals surface area contributed by atoms with Crippen LogP contribution in [0.3, 0.4) is 0 Å². The monoisotopic (exact) mass is 293 g/mol. The standard InChI is InChI=1S/C21H27N/c1-13(2)10-11-17(14(3)4)12-19-15(5)18-8-7-9-20(22)21(18)16(19)6/h7-9,17,19H,1,3,5-6,10-12,22H2,2,4H3. The van der Waals surface area contributed by atoms with Crippen LogP contribution in [-0.2, 0) is 0 Å². The van der Waals surface area contributed by atoms with E-state index in [1.165, 1.54) is 11.1 Å². The molecule has 116 valence electrons. The number of anilines is 1. The minimum atomic E-state index is 0.270. The lowest BCUT2D eigenvalue weighted by molar-refractivity contribution is 0.495. The molecule has 1 aliphatic rings. The molecule has 2 unspecified atom stereocenters. The number of allylic oxidation sites excluding steroid dienone is 4. The summed E-state index contributed by atoms with van der Waals surface area (Å²) in [7, 11) is 0. The first-order valence-corrected chi connectivity index (χ1v) is 7.89. The topological polar surface area (TPSA) is 26.0 Å². The molecule has 0 bridgehead atoms. The van der Waals surface area contributed by atoms with Crippen molar-refractivity contribution in [1.29, 1.82) is 0 Å². The SMILES string of the molecule is C=C(C)CCC(CC1C(=C)c2cccc(N)c2C1=C)C(=C)C. The Bertz CT molecular complexity index is 648. The number of hydrogen-bond donors (Lipinski definition) is 1. The quantitative estimate of drug-likeness (QED) is 0.515. The van der Waals surface area contributed by atoms with E-state index in [0.29, 0.717) is 5.92 Å². The molecule has 1 aromatic carbocycles. The lowest BCUT2D eigenvalue weighted by atomic mass is 9.82. The molecule has 0 aromatic heterocycles. The highest BCUT2D eigenvalue weighted by Gasteiger charge is 2.32. The molecule has 0 heterocycles. The molecule has 2 rings (SSSR count). The fourth-order valence-corrected chi connectivity index (χ4v) is 3.32. The van der Waals surface area contributed by atoms with Gasteiger partial charge in [-0.1, -0.05) is 43.0 Å². The normalized spacial score (nSPS) is 18.2. The second-order valence-electron chi connectivity index (χ2n) is 6.65.